The number of thioether (sulfide) groups is 1. The van der Waals surface area contributed by atoms with Crippen LogP contribution < -0.4 is 0 Å². The van der Waals surface area contributed by atoms with Gasteiger partial charge >= 0.3 is 0 Å². The second kappa shape index (κ2) is 7.89. The molecule has 0 N–H and O–H groups in total. The van der Waals surface area contributed by atoms with Crippen LogP contribution in [-0.4, -0.2) is 43.8 Å². The van der Waals surface area contributed by atoms with Crippen LogP contribution in [0.4, 0.5) is 4.39 Å². The summed E-state index contributed by atoms with van der Waals surface area (Å²) in [5.74, 6) is -0.281. The molecule has 25 heavy (non-hydrogen) atoms. The summed E-state index contributed by atoms with van der Waals surface area (Å²) in [5.41, 5.74) is 1.31. The molecule has 8 heteroatoms. The first-order valence-electron chi connectivity index (χ1n) is 7.59. The molecule has 0 aliphatic rings. The fourth-order valence-corrected chi connectivity index (χ4v) is 3.04. The summed E-state index contributed by atoms with van der Waals surface area (Å²) in [5, 5.41) is 12.1. The van der Waals surface area contributed by atoms with E-state index >= 15 is 0 Å². The largest absolute Gasteiger partial charge is 0.341 e. The Morgan fingerprint density at radius 3 is 2.64 bits per heavy atom. The number of rotatable bonds is 6. The third kappa shape index (κ3) is 4.21. The summed E-state index contributed by atoms with van der Waals surface area (Å²) in [6.45, 7) is 0.218. The Bertz CT molecular complexity index is 855. The molecule has 1 heterocycles. The van der Waals surface area contributed by atoms with Gasteiger partial charge in [0.15, 0.2) is 0 Å². The molecule has 0 spiro atoms. The van der Waals surface area contributed by atoms with E-state index in [0.29, 0.717) is 10.7 Å². The first kappa shape index (κ1) is 17.1. The van der Waals surface area contributed by atoms with Gasteiger partial charge in [0.05, 0.1) is 11.4 Å². The zero-order valence-electron chi connectivity index (χ0n) is 13.5. The van der Waals surface area contributed by atoms with Gasteiger partial charge in [-0.1, -0.05) is 48.2 Å². The van der Waals surface area contributed by atoms with Gasteiger partial charge in [0, 0.05) is 19.2 Å². The van der Waals surface area contributed by atoms with E-state index in [1.807, 2.05) is 30.3 Å². The standard InChI is InChI=1S/C17H16FN5OS/c1-22(11-13-7-5-6-10-15(13)18)16(24)12-25-17-19-20-21-23(17)14-8-3-2-4-9-14/h2-10H,11-12H2,1H3. The van der Waals surface area contributed by atoms with Gasteiger partial charge in [0.2, 0.25) is 11.1 Å². The first-order valence-corrected chi connectivity index (χ1v) is 8.57. The zero-order chi connectivity index (χ0) is 17.6. The van der Waals surface area contributed by atoms with Crippen LogP contribution in [0, 0.1) is 5.82 Å². The fraction of sp³-hybridized carbons (Fsp3) is 0.176. The average Bonchev–Trinajstić information content (AvgIpc) is 3.11. The number of carbonyl (C=O) groups is 1. The molecule has 0 radical (unpaired) electrons. The molecule has 1 amide bonds. The smallest absolute Gasteiger partial charge is 0.233 e. The Hall–Kier alpha value is -2.74. The number of halogens is 1. The Kier molecular flexibility index (Phi) is 5.39. The van der Waals surface area contributed by atoms with Crippen LogP contribution in [0.5, 0.6) is 0 Å². The van der Waals surface area contributed by atoms with Crippen LogP contribution in [0.25, 0.3) is 5.69 Å². The zero-order valence-corrected chi connectivity index (χ0v) is 14.4. The molecule has 3 aromatic rings. The summed E-state index contributed by atoms with van der Waals surface area (Å²) >= 11 is 1.24. The lowest BCUT2D eigenvalue weighted by atomic mass is 10.2. The first-order chi connectivity index (χ1) is 12.1. The van der Waals surface area contributed by atoms with Gasteiger partial charge in [-0.15, -0.1) is 5.10 Å². The number of aromatic nitrogens is 4. The van der Waals surface area contributed by atoms with Crippen molar-refractivity contribution in [2.24, 2.45) is 0 Å². The number of nitrogens with zero attached hydrogens (tertiary/aromatic N) is 5. The molecule has 3 rings (SSSR count). The number of benzene rings is 2. The Labute approximate surface area is 148 Å². The van der Waals surface area contributed by atoms with Gasteiger partial charge in [-0.05, 0) is 28.6 Å². The van der Waals surface area contributed by atoms with Gasteiger partial charge in [-0.3, -0.25) is 4.79 Å². The molecular weight excluding hydrogens is 341 g/mol. The fourth-order valence-electron chi connectivity index (χ4n) is 2.21. The maximum atomic E-state index is 13.7. The van der Waals surface area contributed by atoms with Crippen molar-refractivity contribution in [3.63, 3.8) is 0 Å². The van der Waals surface area contributed by atoms with Crippen LogP contribution in [0.1, 0.15) is 5.56 Å². The van der Waals surface area contributed by atoms with Crippen LogP contribution >= 0.6 is 11.8 Å². The molecule has 0 atom stereocenters. The molecule has 0 aliphatic heterocycles. The summed E-state index contributed by atoms with van der Waals surface area (Å²) in [4.78, 5) is 13.8. The third-order valence-corrected chi connectivity index (χ3v) is 4.46. The van der Waals surface area contributed by atoms with Crippen LogP contribution in [-0.2, 0) is 11.3 Å². The topological polar surface area (TPSA) is 63.9 Å². The Morgan fingerprint density at radius 1 is 1.16 bits per heavy atom. The highest BCUT2D eigenvalue weighted by Crippen LogP contribution is 2.18. The molecule has 128 valence electrons. The summed E-state index contributed by atoms with van der Waals surface area (Å²) in [6.07, 6.45) is 0. The molecule has 0 saturated heterocycles. The molecule has 2 aromatic carbocycles. The lowest BCUT2D eigenvalue weighted by Crippen LogP contribution is -2.28. The maximum Gasteiger partial charge on any atom is 0.233 e. The summed E-state index contributed by atoms with van der Waals surface area (Å²) in [7, 11) is 1.65. The van der Waals surface area contributed by atoms with Gasteiger partial charge in [-0.25, -0.2) is 4.39 Å². The van der Waals surface area contributed by atoms with Gasteiger partial charge in [0.1, 0.15) is 5.82 Å². The minimum Gasteiger partial charge on any atom is -0.341 e. The van der Waals surface area contributed by atoms with E-state index in [1.165, 1.54) is 22.7 Å². The van der Waals surface area contributed by atoms with Gasteiger partial charge in [0.25, 0.3) is 0 Å². The average molecular weight is 357 g/mol. The molecule has 1 aromatic heterocycles. The number of hydrogen-bond donors (Lipinski definition) is 0. The van der Waals surface area contributed by atoms with Crippen molar-refractivity contribution < 1.29 is 9.18 Å². The molecule has 0 unspecified atom stereocenters. The van der Waals surface area contributed by atoms with E-state index in [-0.39, 0.29) is 24.0 Å². The van der Waals surface area contributed by atoms with Crippen LogP contribution in [0.15, 0.2) is 59.8 Å². The molecule has 6 nitrogen and oxygen atoms in total. The molecule has 0 saturated carbocycles. The third-order valence-electron chi connectivity index (χ3n) is 3.56. The normalized spacial score (nSPS) is 10.6. The van der Waals surface area contributed by atoms with E-state index in [9.17, 15) is 9.18 Å². The number of tetrazole rings is 1. The second-order valence-corrected chi connectivity index (χ2v) is 6.28. The van der Waals surface area contributed by atoms with Gasteiger partial charge in [-0.2, -0.15) is 4.68 Å². The minimum atomic E-state index is -0.317. The minimum absolute atomic E-state index is 0.129. The maximum absolute atomic E-state index is 13.7. The molecule has 0 fully saturated rings. The second-order valence-electron chi connectivity index (χ2n) is 5.34. The van der Waals surface area contributed by atoms with Crippen molar-refractivity contribution >= 4 is 17.7 Å². The highest BCUT2D eigenvalue weighted by molar-refractivity contribution is 7.99. The van der Waals surface area contributed by atoms with Crippen LogP contribution in [0.2, 0.25) is 0 Å². The number of amides is 1. The lowest BCUT2D eigenvalue weighted by Gasteiger charge is -2.17. The SMILES string of the molecule is CN(Cc1ccccc1F)C(=O)CSc1nnnn1-c1ccccc1. The van der Waals surface area contributed by atoms with E-state index in [2.05, 4.69) is 15.5 Å². The van der Waals surface area contributed by atoms with E-state index < -0.39 is 0 Å². The van der Waals surface area contributed by atoms with E-state index in [0.717, 1.165) is 5.69 Å². The van der Waals surface area contributed by atoms with Crippen molar-refractivity contribution in [1.82, 2.24) is 25.1 Å². The van der Waals surface area contributed by atoms with Crippen molar-refractivity contribution in [1.29, 1.82) is 0 Å². The predicted molar refractivity (Wildman–Crippen MR) is 92.8 cm³/mol. The Morgan fingerprint density at radius 2 is 1.88 bits per heavy atom. The van der Waals surface area contributed by atoms with Crippen LogP contribution in [0.3, 0.4) is 0 Å². The number of para-hydroxylation sites is 1. The summed E-state index contributed by atoms with van der Waals surface area (Å²) in [6, 6.07) is 15.9. The monoisotopic (exact) mass is 357 g/mol. The lowest BCUT2D eigenvalue weighted by molar-refractivity contribution is -0.127. The van der Waals surface area contributed by atoms with E-state index in [4.69, 9.17) is 0 Å². The predicted octanol–water partition coefficient (Wildman–Crippen LogP) is 2.55. The molecular formula is C17H16FN5OS. The Balaban J connectivity index is 1.61. The van der Waals surface area contributed by atoms with Crippen molar-refractivity contribution in [2.45, 2.75) is 11.7 Å². The summed E-state index contributed by atoms with van der Waals surface area (Å²) < 4.78 is 15.3. The van der Waals surface area contributed by atoms with Crippen molar-refractivity contribution in [3.05, 3.63) is 66.0 Å². The molecule has 0 aliphatic carbocycles. The van der Waals surface area contributed by atoms with Gasteiger partial charge < -0.3 is 4.90 Å². The van der Waals surface area contributed by atoms with Crippen molar-refractivity contribution in [2.75, 3.05) is 12.8 Å². The quantitative estimate of drug-likeness (QED) is 0.635. The molecule has 0 bridgehead atoms. The van der Waals surface area contributed by atoms with Crippen molar-refractivity contribution in [3.8, 4) is 5.69 Å². The highest BCUT2D eigenvalue weighted by atomic mass is 32.2. The number of hydrogen-bond acceptors (Lipinski definition) is 5. The number of carbonyl (C=O) groups excluding carboxylic acids is 1. The highest BCUT2D eigenvalue weighted by Gasteiger charge is 2.15. The van der Waals surface area contributed by atoms with E-state index in [1.54, 1.807) is 29.9 Å².